The number of ether oxygens (including phenoxy) is 1. The van der Waals surface area contributed by atoms with Crippen molar-refractivity contribution in [3.63, 3.8) is 0 Å². The molecule has 140 valence electrons. The summed E-state index contributed by atoms with van der Waals surface area (Å²) in [5.41, 5.74) is 2.64. The molecular weight excluding hydrogens is 364 g/mol. The second-order valence-electron chi connectivity index (χ2n) is 6.10. The van der Waals surface area contributed by atoms with Gasteiger partial charge < -0.3 is 14.3 Å². The van der Waals surface area contributed by atoms with Gasteiger partial charge in [0, 0.05) is 16.9 Å². The van der Waals surface area contributed by atoms with E-state index in [2.05, 4.69) is 10.2 Å². The summed E-state index contributed by atoms with van der Waals surface area (Å²) >= 11 is 1.27. The summed E-state index contributed by atoms with van der Waals surface area (Å²) in [7, 11) is 0. The van der Waals surface area contributed by atoms with Crippen molar-refractivity contribution in [3.05, 3.63) is 59.7 Å². The maximum absolute atomic E-state index is 11.2. The second kappa shape index (κ2) is 8.83. The van der Waals surface area contributed by atoms with Crippen LogP contribution in [0.1, 0.15) is 22.8 Å². The van der Waals surface area contributed by atoms with E-state index in [1.54, 1.807) is 24.3 Å². The van der Waals surface area contributed by atoms with Crippen LogP contribution in [0.15, 0.2) is 58.2 Å². The SMILES string of the molecule is CC(=O)c1ccc(OCC(O)CSc2nnc(-c3ccc(C)cc3)o2)cc1. The summed E-state index contributed by atoms with van der Waals surface area (Å²) in [6, 6.07) is 14.6. The van der Waals surface area contributed by atoms with Gasteiger partial charge in [-0.3, -0.25) is 4.79 Å². The van der Waals surface area contributed by atoms with Crippen LogP contribution in [0.4, 0.5) is 0 Å². The molecule has 0 radical (unpaired) electrons. The number of carbonyl (C=O) groups is 1. The van der Waals surface area contributed by atoms with Crippen LogP contribution in [0.5, 0.6) is 5.75 Å². The molecule has 7 heteroatoms. The summed E-state index contributed by atoms with van der Waals surface area (Å²) in [5, 5.41) is 18.5. The van der Waals surface area contributed by atoms with Crippen molar-refractivity contribution in [2.75, 3.05) is 12.4 Å². The highest BCUT2D eigenvalue weighted by molar-refractivity contribution is 7.99. The topological polar surface area (TPSA) is 85.5 Å². The van der Waals surface area contributed by atoms with E-state index < -0.39 is 6.10 Å². The van der Waals surface area contributed by atoms with Gasteiger partial charge in [-0.25, -0.2) is 0 Å². The molecule has 0 aliphatic heterocycles. The molecule has 1 heterocycles. The van der Waals surface area contributed by atoms with Gasteiger partial charge in [-0.1, -0.05) is 29.5 Å². The average Bonchev–Trinajstić information content (AvgIpc) is 3.14. The smallest absolute Gasteiger partial charge is 0.276 e. The molecule has 0 aliphatic carbocycles. The molecule has 0 spiro atoms. The van der Waals surface area contributed by atoms with Gasteiger partial charge in [-0.15, -0.1) is 10.2 Å². The number of aryl methyl sites for hydroxylation is 1. The van der Waals surface area contributed by atoms with Gasteiger partial charge in [-0.2, -0.15) is 0 Å². The van der Waals surface area contributed by atoms with Crippen molar-refractivity contribution >= 4 is 17.5 Å². The van der Waals surface area contributed by atoms with Gasteiger partial charge in [0.15, 0.2) is 5.78 Å². The van der Waals surface area contributed by atoms with E-state index in [1.807, 2.05) is 31.2 Å². The molecule has 0 saturated carbocycles. The molecular formula is C20H20N2O4S. The molecule has 27 heavy (non-hydrogen) atoms. The van der Waals surface area contributed by atoms with Crippen molar-refractivity contribution < 1.29 is 19.1 Å². The number of thioether (sulfide) groups is 1. The molecule has 3 aromatic rings. The van der Waals surface area contributed by atoms with Crippen molar-refractivity contribution in [1.82, 2.24) is 10.2 Å². The fourth-order valence-corrected chi connectivity index (χ4v) is 2.94. The maximum Gasteiger partial charge on any atom is 0.276 e. The van der Waals surface area contributed by atoms with Crippen LogP contribution in [-0.4, -0.2) is 39.6 Å². The van der Waals surface area contributed by atoms with E-state index >= 15 is 0 Å². The van der Waals surface area contributed by atoms with E-state index in [0.29, 0.717) is 28.2 Å². The minimum absolute atomic E-state index is 0.00236. The molecule has 1 aromatic heterocycles. The monoisotopic (exact) mass is 384 g/mol. The van der Waals surface area contributed by atoms with Gasteiger partial charge in [0.05, 0.1) is 6.10 Å². The first-order valence-electron chi connectivity index (χ1n) is 8.46. The number of nitrogens with zero attached hydrogens (tertiary/aromatic N) is 2. The summed E-state index contributed by atoms with van der Waals surface area (Å²) in [4.78, 5) is 11.2. The lowest BCUT2D eigenvalue weighted by Gasteiger charge is -2.11. The number of carbonyl (C=O) groups excluding carboxylic acids is 1. The number of ketones is 1. The molecule has 0 fully saturated rings. The number of aliphatic hydroxyl groups excluding tert-OH is 1. The number of Topliss-reactive ketones (excluding diaryl/α,β-unsaturated/α-hetero) is 1. The first kappa shape index (κ1) is 19.1. The van der Waals surface area contributed by atoms with E-state index in [0.717, 1.165) is 11.1 Å². The van der Waals surface area contributed by atoms with Crippen molar-refractivity contribution in [2.45, 2.75) is 25.2 Å². The highest BCUT2D eigenvalue weighted by Gasteiger charge is 2.12. The fraction of sp³-hybridized carbons (Fsp3) is 0.250. The quantitative estimate of drug-likeness (QED) is 0.467. The van der Waals surface area contributed by atoms with E-state index in [1.165, 1.54) is 18.7 Å². The summed E-state index contributed by atoms with van der Waals surface area (Å²) < 4.78 is 11.2. The Morgan fingerprint density at radius 2 is 1.85 bits per heavy atom. The Labute approximate surface area is 161 Å². The minimum Gasteiger partial charge on any atom is -0.491 e. The molecule has 1 N–H and O–H groups in total. The number of aromatic nitrogens is 2. The third-order valence-electron chi connectivity index (χ3n) is 3.81. The molecule has 1 atom stereocenters. The fourth-order valence-electron chi connectivity index (χ4n) is 2.27. The van der Waals surface area contributed by atoms with Crippen molar-refractivity contribution in [1.29, 1.82) is 0 Å². The highest BCUT2D eigenvalue weighted by Crippen LogP contribution is 2.24. The molecule has 0 saturated heterocycles. The first-order valence-corrected chi connectivity index (χ1v) is 9.45. The summed E-state index contributed by atoms with van der Waals surface area (Å²) in [6.07, 6.45) is -0.697. The normalized spacial score (nSPS) is 12.0. The Hall–Kier alpha value is -2.64. The lowest BCUT2D eigenvalue weighted by molar-refractivity contribution is 0.101. The predicted octanol–water partition coefficient (Wildman–Crippen LogP) is 3.78. The van der Waals surface area contributed by atoms with E-state index in [9.17, 15) is 9.90 Å². The van der Waals surface area contributed by atoms with Crippen LogP contribution in [-0.2, 0) is 0 Å². The van der Waals surface area contributed by atoms with Crippen LogP contribution in [0.25, 0.3) is 11.5 Å². The van der Waals surface area contributed by atoms with Crippen LogP contribution in [0.3, 0.4) is 0 Å². The Morgan fingerprint density at radius 3 is 2.52 bits per heavy atom. The first-order chi connectivity index (χ1) is 13.0. The van der Waals surface area contributed by atoms with Crippen molar-refractivity contribution in [3.8, 4) is 17.2 Å². The Kier molecular flexibility index (Phi) is 6.26. The third kappa shape index (κ3) is 5.42. The standard InChI is InChI=1S/C20H20N2O4S/c1-13-3-5-16(6-4-13)19-21-22-20(26-19)27-12-17(24)11-25-18-9-7-15(8-10-18)14(2)23/h3-10,17,24H,11-12H2,1-2H3. The Balaban J connectivity index is 1.47. The molecule has 3 rings (SSSR count). The molecule has 2 aromatic carbocycles. The summed E-state index contributed by atoms with van der Waals surface area (Å²) in [6.45, 7) is 3.66. The van der Waals surface area contributed by atoms with Gasteiger partial charge in [0.2, 0.25) is 5.89 Å². The zero-order chi connectivity index (χ0) is 19.2. The largest absolute Gasteiger partial charge is 0.491 e. The van der Waals surface area contributed by atoms with Crippen molar-refractivity contribution in [2.24, 2.45) is 0 Å². The number of hydrogen-bond donors (Lipinski definition) is 1. The van der Waals surface area contributed by atoms with Gasteiger partial charge in [-0.05, 0) is 50.2 Å². The van der Waals surface area contributed by atoms with Gasteiger partial charge >= 0.3 is 0 Å². The number of aliphatic hydroxyl groups is 1. The lowest BCUT2D eigenvalue weighted by atomic mass is 10.1. The Bertz CT molecular complexity index is 891. The minimum atomic E-state index is -0.697. The Morgan fingerprint density at radius 1 is 1.15 bits per heavy atom. The average molecular weight is 384 g/mol. The van der Waals surface area contributed by atoms with Gasteiger partial charge in [0.25, 0.3) is 5.22 Å². The second-order valence-corrected chi connectivity index (χ2v) is 7.07. The molecule has 0 aliphatic rings. The zero-order valence-corrected chi connectivity index (χ0v) is 15.9. The molecule has 6 nitrogen and oxygen atoms in total. The zero-order valence-electron chi connectivity index (χ0n) is 15.1. The van der Waals surface area contributed by atoms with Gasteiger partial charge in [0.1, 0.15) is 12.4 Å². The number of hydrogen-bond acceptors (Lipinski definition) is 7. The van der Waals surface area contributed by atoms with Crippen LogP contribution in [0, 0.1) is 6.92 Å². The van der Waals surface area contributed by atoms with Crippen LogP contribution < -0.4 is 4.74 Å². The maximum atomic E-state index is 11.2. The predicted molar refractivity (Wildman–Crippen MR) is 103 cm³/mol. The number of rotatable bonds is 8. The van der Waals surface area contributed by atoms with E-state index in [4.69, 9.17) is 9.15 Å². The van der Waals surface area contributed by atoms with Crippen LogP contribution >= 0.6 is 11.8 Å². The number of benzene rings is 2. The molecule has 1 unspecified atom stereocenters. The summed E-state index contributed by atoms with van der Waals surface area (Å²) in [5.74, 6) is 1.42. The highest BCUT2D eigenvalue weighted by atomic mass is 32.2. The van der Waals surface area contributed by atoms with Crippen LogP contribution in [0.2, 0.25) is 0 Å². The third-order valence-corrected chi connectivity index (χ3v) is 4.77. The molecule has 0 bridgehead atoms. The lowest BCUT2D eigenvalue weighted by Crippen LogP contribution is -2.20. The molecule has 0 amide bonds. The van der Waals surface area contributed by atoms with E-state index in [-0.39, 0.29) is 12.4 Å².